The molecular weight excluding hydrogens is 329 g/mol. The van der Waals surface area contributed by atoms with Crippen LogP contribution in [0.3, 0.4) is 0 Å². The molecule has 24 heavy (non-hydrogen) atoms. The molecule has 3 rings (SSSR count). The molecule has 0 radical (unpaired) electrons. The number of hydrogen-bond acceptors (Lipinski definition) is 4. The number of aryl methyl sites for hydroxylation is 1. The van der Waals surface area contributed by atoms with Crippen LogP contribution in [0.4, 0.5) is 4.39 Å². The number of sulfonamides is 1. The van der Waals surface area contributed by atoms with Crippen LogP contribution in [0.25, 0.3) is 11.3 Å². The van der Waals surface area contributed by atoms with E-state index in [1.54, 1.807) is 12.1 Å². The smallest absolute Gasteiger partial charge is 0.211 e. The molecule has 0 unspecified atom stereocenters. The van der Waals surface area contributed by atoms with Crippen LogP contribution in [-0.2, 0) is 10.0 Å². The van der Waals surface area contributed by atoms with Gasteiger partial charge in [0.15, 0.2) is 0 Å². The second-order valence-electron chi connectivity index (χ2n) is 6.22. The van der Waals surface area contributed by atoms with Gasteiger partial charge in [-0.2, -0.15) is 0 Å². The van der Waals surface area contributed by atoms with E-state index in [1.165, 1.54) is 22.7 Å². The molecule has 1 fully saturated rings. The van der Waals surface area contributed by atoms with Crippen molar-refractivity contribution in [2.75, 3.05) is 19.3 Å². The Balaban J connectivity index is 1.92. The third kappa shape index (κ3) is 3.79. The largest absolute Gasteiger partial charge is 0.238 e. The van der Waals surface area contributed by atoms with E-state index in [1.807, 2.05) is 13.0 Å². The van der Waals surface area contributed by atoms with Gasteiger partial charge in [0.2, 0.25) is 10.0 Å². The minimum Gasteiger partial charge on any atom is -0.238 e. The van der Waals surface area contributed by atoms with Crippen LogP contribution in [-0.4, -0.2) is 42.0 Å². The van der Waals surface area contributed by atoms with Gasteiger partial charge in [0, 0.05) is 30.3 Å². The third-order valence-corrected chi connectivity index (χ3v) is 5.50. The van der Waals surface area contributed by atoms with E-state index in [-0.39, 0.29) is 11.7 Å². The lowest BCUT2D eigenvalue weighted by Crippen LogP contribution is -2.38. The van der Waals surface area contributed by atoms with Crippen LogP contribution >= 0.6 is 0 Å². The molecule has 0 N–H and O–H groups in total. The second kappa shape index (κ2) is 6.57. The van der Waals surface area contributed by atoms with Crippen molar-refractivity contribution in [2.24, 2.45) is 0 Å². The summed E-state index contributed by atoms with van der Waals surface area (Å²) in [5.41, 5.74) is 2.36. The molecule has 7 heteroatoms. The van der Waals surface area contributed by atoms with Gasteiger partial charge in [-0.15, -0.1) is 0 Å². The molecule has 5 nitrogen and oxygen atoms in total. The first-order valence-electron chi connectivity index (χ1n) is 7.89. The predicted molar refractivity (Wildman–Crippen MR) is 90.6 cm³/mol. The summed E-state index contributed by atoms with van der Waals surface area (Å²) in [6.07, 6.45) is 2.88. The summed E-state index contributed by atoms with van der Waals surface area (Å²) in [4.78, 5) is 9.13. The molecule has 1 aromatic heterocycles. The van der Waals surface area contributed by atoms with Gasteiger partial charge in [-0.25, -0.2) is 27.1 Å². The summed E-state index contributed by atoms with van der Waals surface area (Å²) in [7, 11) is -3.21. The molecule has 0 aliphatic carbocycles. The van der Waals surface area contributed by atoms with E-state index < -0.39 is 10.0 Å². The molecule has 1 saturated heterocycles. The van der Waals surface area contributed by atoms with Crippen LogP contribution in [0.15, 0.2) is 30.3 Å². The average Bonchev–Trinajstić information content (AvgIpc) is 2.54. The van der Waals surface area contributed by atoms with Crippen molar-refractivity contribution in [3.8, 4) is 11.3 Å². The molecular formula is C17H20FN3O2S. The van der Waals surface area contributed by atoms with E-state index >= 15 is 0 Å². The van der Waals surface area contributed by atoms with Gasteiger partial charge in [-0.3, -0.25) is 0 Å². The van der Waals surface area contributed by atoms with Crippen LogP contribution in [0.2, 0.25) is 0 Å². The lowest BCUT2D eigenvalue weighted by Gasteiger charge is -2.30. The van der Waals surface area contributed by atoms with E-state index in [0.29, 0.717) is 18.9 Å². The number of aromatic nitrogens is 2. The fraction of sp³-hybridized carbons (Fsp3) is 0.412. The zero-order valence-corrected chi connectivity index (χ0v) is 14.6. The van der Waals surface area contributed by atoms with Crippen molar-refractivity contribution in [1.82, 2.24) is 14.3 Å². The van der Waals surface area contributed by atoms with Crippen molar-refractivity contribution >= 4 is 10.0 Å². The van der Waals surface area contributed by atoms with Gasteiger partial charge in [0.25, 0.3) is 0 Å². The van der Waals surface area contributed by atoms with Gasteiger partial charge in [-0.1, -0.05) is 0 Å². The summed E-state index contributed by atoms with van der Waals surface area (Å²) in [6, 6.07) is 8.03. The fourth-order valence-corrected chi connectivity index (χ4v) is 3.91. The topological polar surface area (TPSA) is 63.2 Å². The molecule has 128 valence electrons. The monoisotopic (exact) mass is 349 g/mol. The van der Waals surface area contributed by atoms with Gasteiger partial charge in [-0.05, 0) is 50.1 Å². The van der Waals surface area contributed by atoms with E-state index in [4.69, 9.17) is 0 Å². The maximum absolute atomic E-state index is 13.1. The number of rotatable bonds is 3. The molecule has 2 aromatic rings. The fourth-order valence-electron chi connectivity index (χ4n) is 3.00. The highest BCUT2D eigenvalue weighted by Gasteiger charge is 2.28. The Kier molecular flexibility index (Phi) is 4.64. The summed E-state index contributed by atoms with van der Waals surface area (Å²) in [5, 5.41) is 0. The van der Waals surface area contributed by atoms with Crippen molar-refractivity contribution in [2.45, 2.75) is 25.7 Å². The highest BCUT2D eigenvalue weighted by atomic mass is 32.2. The Morgan fingerprint density at radius 3 is 2.58 bits per heavy atom. The standard InChI is InChI=1S/C17H20FN3O2S/c1-12-10-16(13-5-7-15(18)8-6-13)20-17(19-12)14-4-3-9-21(11-14)24(2,22)23/h5-8,10,14H,3-4,9,11H2,1-2H3/t14-/m1/s1. The van der Waals surface area contributed by atoms with Gasteiger partial charge in [0.1, 0.15) is 11.6 Å². The summed E-state index contributed by atoms with van der Waals surface area (Å²) >= 11 is 0. The second-order valence-corrected chi connectivity index (χ2v) is 8.20. The first-order chi connectivity index (χ1) is 11.3. The highest BCUT2D eigenvalue weighted by molar-refractivity contribution is 7.88. The maximum atomic E-state index is 13.1. The highest BCUT2D eigenvalue weighted by Crippen LogP contribution is 2.28. The zero-order chi connectivity index (χ0) is 17.3. The van der Waals surface area contributed by atoms with E-state index in [0.717, 1.165) is 29.8 Å². The quantitative estimate of drug-likeness (QED) is 0.855. The minimum atomic E-state index is -3.21. The van der Waals surface area contributed by atoms with Crippen molar-refractivity contribution in [1.29, 1.82) is 0 Å². The lowest BCUT2D eigenvalue weighted by atomic mass is 9.98. The molecule has 0 bridgehead atoms. The number of halogens is 1. The summed E-state index contributed by atoms with van der Waals surface area (Å²) in [6.45, 7) is 2.84. The minimum absolute atomic E-state index is 0.0208. The van der Waals surface area contributed by atoms with E-state index in [2.05, 4.69) is 9.97 Å². The third-order valence-electron chi connectivity index (χ3n) is 4.23. The number of benzene rings is 1. The Labute approximate surface area is 141 Å². The molecule has 0 amide bonds. The lowest BCUT2D eigenvalue weighted by molar-refractivity contribution is 0.311. The first-order valence-corrected chi connectivity index (χ1v) is 9.74. The molecule has 1 aromatic carbocycles. The predicted octanol–water partition coefficient (Wildman–Crippen LogP) is 2.73. The van der Waals surface area contributed by atoms with E-state index in [9.17, 15) is 12.8 Å². The molecule has 2 heterocycles. The normalized spacial score (nSPS) is 19.4. The van der Waals surface area contributed by atoms with Crippen LogP contribution < -0.4 is 0 Å². The summed E-state index contributed by atoms with van der Waals surface area (Å²) in [5.74, 6) is 0.344. The van der Waals surface area contributed by atoms with Gasteiger partial charge < -0.3 is 0 Å². The molecule has 0 spiro atoms. The van der Waals surface area contributed by atoms with Gasteiger partial charge in [0.05, 0.1) is 11.9 Å². The van der Waals surface area contributed by atoms with Crippen molar-refractivity contribution < 1.29 is 12.8 Å². The van der Waals surface area contributed by atoms with Crippen molar-refractivity contribution in [3.05, 3.63) is 47.7 Å². The maximum Gasteiger partial charge on any atom is 0.211 e. The molecule has 1 aliphatic heterocycles. The van der Waals surface area contributed by atoms with Gasteiger partial charge >= 0.3 is 0 Å². The Bertz CT molecular complexity index is 837. The molecule has 1 aliphatic rings. The zero-order valence-electron chi connectivity index (χ0n) is 13.7. The molecule has 0 saturated carbocycles. The van der Waals surface area contributed by atoms with Crippen LogP contribution in [0.1, 0.15) is 30.3 Å². The SMILES string of the molecule is Cc1cc(-c2ccc(F)cc2)nc([C@@H]2CCCN(S(C)(=O)=O)C2)n1. The van der Waals surface area contributed by atoms with Crippen LogP contribution in [0.5, 0.6) is 0 Å². The van der Waals surface area contributed by atoms with Crippen LogP contribution in [0, 0.1) is 12.7 Å². The number of hydrogen-bond donors (Lipinski definition) is 0. The summed E-state index contributed by atoms with van der Waals surface area (Å²) < 4.78 is 38.2. The Morgan fingerprint density at radius 1 is 1.21 bits per heavy atom. The average molecular weight is 349 g/mol. The van der Waals surface area contributed by atoms with Crippen molar-refractivity contribution in [3.63, 3.8) is 0 Å². The Morgan fingerprint density at radius 2 is 1.92 bits per heavy atom. The molecule has 1 atom stereocenters. The Hall–Kier alpha value is -1.86. The number of piperidine rings is 1. The first kappa shape index (κ1) is 17.0. The number of nitrogens with zero attached hydrogens (tertiary/aromatic N) is 3.